The number of aliphatic hydroxyl groups excluding tert-OH is 6. The van der Waals surface area contributed by atoms with Gasteiger partial charge in [-0.3, -0.25) is 29.1 Å². The van der Waals surface area contributed by atoms with E-state index in [4.69, 9.17) is 0 Å². The molecule has 324 valence electrons. The number of carbonyl (C=O) groups excluding carboxylic acids is 3. The number of phenols is 3. The molecule has 1 aliphatic rings. The van der Waals surface area contributed by atoms with Gasteiger partial charge in [0, 0.05) is 49.4 Å². The normalized spacial score (nSPS) is 16.4. The first-order chi connectivity index (χ1) is 28.0. The highest BCUT2D eigenvalue weighted by Gasteiger charge is 2.23. The third-order valence-corrected chi connectivity index (χ3v) is 10.0. The van der Waals surface area contributed by atoms with Crippen molar-refractivity contribution in [1.82, 2.24) is 14.7 Å². The molecule has 18 heteroatoms. The van der Waals surface area contributed by atoms with Crippen LogP contribution in [0.2, 0.25) is 0 Å². The van der Waals surface area contributed by atoms with Gasteiger partial charge in [0.2, 0.25) is 0 Å². The predicted molar refractivity (Wildman–Crippen MR) is 219 cm³/mol. The molecule has 3 aromatic rings. The second kappa shape index (κ2) is 21.9. The monoisotopic (exact) mass is 826 g/mol. The first kappa shape index (κ1) is 46.8. The second-order valence-corrected chi connectivity index (χ2v) is 15.1. The van der Waals surface area contributed by atoms with Gasteiger partial charge >= 0.3 is 0 Å². The number of rotatable bonds is 15. The lowest BCUT2D eigenvalue weighted by Crippen LogP contribution is -2.36. The Morgan fingerprint density at radius 2 is 0.746 bits per heavy atom. The number of phenolic OH excluding ortho intramolecular Hbond substituents is 3. The quantitative estimate of drug-likeness (QED) is 0.0913. The molecule has 0 saturated carbocycles. The topological polar surface area (TPSA) is 279 Å². The molecule has 18 nitrogen and oxygen atoms in total. The lowest BCUT2D eigenvalue weighted by molar-refractivity contribution is -0.126. The van der Waals surface area contributed by atoms with Crippen LogP contribution in [0.25, 0.3) is 0 Å². The fourth-order valence-electron chi connectivity index (χ4n) is 6.96. The summed E-state index contributed by atoms with van der Waals surface area (Å²) >= 11 is 0. The van der Waals surface area contributed by atoms with Crippen LogP contribution in [0.3, 0.4) is 0 Å². The van der Waals surface area contributed by atoms with Crippen LogP contribution < -0.4 is 16.0 Å². The van der Waals surface area contributed by atoms with Gasteiger partial charge in [0.05, 0.1) is 36.9 Å². The van der Waals surface area contributed by atoms with E-state index in [1.807, 2.05) is 13.0 Å². The maximum atomic E-state index is 12.4. The molecule has 12 N–H and O–H groups in total. The van der Waals surface area contributed by atoms with Crippen molar-refractivity contribution >= 4 is 34.8 Å². The predicted octanol–water partition coefficient (Wildman–Crippen LogP) is 0.204. The number of amides is 3. The number of anilines is 3. The third-order valence-electron chi connectivity index (χ3n) is 10.0. The zero-order chi connectivity index (χ0) is 43.4. The molecule has 1 saturated heterocycles. The highest BCUT2D eigenvalue weighted by atomic mass is 16.3. The Hall–Kier alpha value is -4.89. The highest BCUT2D eigenvalue weighted by Crippen LogP contribution is 2.34. The van der Waals surface area contributed by atoms with E-state index in [0.717, 1.165) is 16.7 Å². The molecule has 3 atom stereocenters. The van der Waals surface area contributed by atoms with Crippen LogP contribution in [0.15, 0.2) is 36.4 Å². The van der Waals surface area contributed by atoms with Crippen molar-refractivity contribution in [3.63, 3.8) is 0 Å². The van der Waals surface area contributed by atoms with Crippen LogP contribution >= 0.6 is 0 Å². The van der Waals surface area contributed by atoms with Crippen molar-refractivity contribution in [3.05, 3.63) is 69.8 Å². The minimum absolute atomic E-state index is 0.0897. The fraction of sp³-hybridized carbons (Fsp3) is 0.488. The first-order valence-electron chi connectivity index (χ1n) is 19.5. The molecule has 1 aliphatic heterocycles. The van der Waals surface area contributed by atoms with E-state index < -0.39 is 55.9 Å². The standard InChI is InChI=1S/C41H58N6O12/c1-24-12-27(36(54)30(15-24)42-39(57)33(51)21-48)18-45-6-4-8-46(19-28-13-25(2)16-31(37(28)55)43-40(58)34(52)22-49)10-11-47(9-5-7-45)20-29-14-26(3)17-32(38(29)56)44-41(59)35(53)23-50/h12-17,33-35,48-56H,4-11,18-23H2,1-3H3,(H,42,57)(H,43,58)(H,44,59). The Kier molecular flexibility index (Phi) is 17.4. The number of nitrogens with one attached hydrogen (secondary N) is 3. The number of hydrogen-bond donors (Lipinski definition) is 12. The van der Waals surface area contributed by atoms with Crippen LogP contribution in [0.4, 0.5) is 17.1 Å². The Morgan fingerprint density at radius 1 is 0.492 bits per heavy atom. The first-order valence-corrected chi connectivity index (χ1v) is 19.5. The molecule has 0 aromatic heterocycles. The molecule has 1 fully saturated rings. The maximum Gasteiger partial charge on any atom is 0.255 e. The van der Waals surface area contributed by atoms with Crippen molar-refractivity contribution in [1.29, 1.82) is 0 Å². The summed E-state index contributed by atoms with van der Waals surface area (Å²) in [6.07, 6.45) is -3.67. The fourth-order valence-corrected chi connectivity index (χ4v) is 6.96. The largest absolute Gasteiger partial charge is 0.505 e. The summed E-state index contributed by atoms with van der Waals surface area (Å²) in [4.78, 5) is 43.6. The van der Waals surface area contributed by atoms with Gasteiger partial charge in [-0.15, -0.1) is 0 Å². The Bertz CT molecular complexity index is 1830. The van der Waals surface area contributed by atoms with Crippen LogP contribution in [0, 0.1) is 20.8 Å². The lowest BCUT2D eigenvalue weighted by Gasteiger charge is -2.28. The smallest absolute Gasteiger partial charge is 0.255 e. The van der Waals surface area contributed by atoms with Gasteiger partial charge in [0.25, 0.3) is 17.7 Å². The maximum absolute atomic E-state index is 12.4. The number of carbonyl (C=O) groups is 3. The second-order valence-electron chi connectivity index (χ2n) is 15.1. The van der Waals surface area contributed by atoms with Crippen LogP contribution in [0.1, 0.15) is 46.2 Å². The molecular weight excluding hydrogens is 768 g/mol. The van der Waals surface area contributed by atoms with E-state index in [2.05, 4.69) is 30.7 Å². The van der Waals surface area contributed by atoms with Gasteiger partial charge in [-0.25, -0.2) is 0 Å². The molecule has 3 amide bonds. The summed E-state index contributed by atoms with van der Waals surface area (Å²) in [5, 5.41) is 98.3. The van der Waals surface area contributed by atoms with Crippen molar-refractivity contribution < 1.29 is 60.3 Å². The minimum Gasteiger partial charge on any atom is -0.505 e. The van der Waals surface area contributed by atoms with Crippen molar-refractivity contribution in [2.75, 3.05) is 75.0 Å². The zero-order valence-corrected chi connectivity index (χ0v) is 33.7. The average Bonchev–Trinajstić information content (AvgIpc) is 3.23. The van der Waals surface area contributed by atoms with E-state index in [1.165, 1.54) is 0 Å². The Morgan fingerprint density at radius 3 is 1.00 bits per heavy atom. The molecule has 0 aliphatic carbocycles. The van der Waals surface area contributed by atoms with Gasteiger partial charge < -0.3 is 61.9 Å². The number of aliphatic hydroxyl groups is 6. The van der Waals surface area contributed by atoms with E-state index in [1.54, 1.807) is 44.2 Å². The summed E-state index contributed by atoms with van der Waals surface area (Å²) in [7, 11) is 0. The number of aromatic hydroxyl groups is 3. The van der Waals surface area contributed by atoms with Gasteiger partial charge in [0.15, 0.2) is 18.3 Å². The van der Waals surface area contributed by atoms with Crippen molar-refractivity contribution in [2.45, 2.75) is 71.6 Å². The summed E-state index contributed by atoms with van der Waals surface area (Å²) in [6.45, 7) is 7.24. The number of benzene rings is 3. The Balaban J connectivity index is 1.64. The van der Waals surface area contributed by atoms with Gasteiger partial charge in [-0.2, -0.15) is 0 Å². The lowest BCUT2D eigenvalue weighted by atomic mass is 10.1. The molecule has 3 unspecified atom stereocenters. The average molecular weight is 827 g/mol. The zero-order valence-electron chi connectivity index (χ0n) is 33.7. The Labute approximate surface area is 342 Å². The minimum atomic E-state index is -1.67. The van der Waals surface area contributed by atoms with E-state index in [9.17, 15) is 60.3 Å². The molecule has 4 rings (SSSR count). The molecule has 1 heterocycles. The molecule has 0 spiro atoms. The van der Waals surface area contributed by atoms with Crippen LogP contribution in [-0.2, 0) is 34.0 Å². The van der Waals surface area contributed by atoms with Gasteiger partial charge in [0.1, 0.15) is 17.2 Å². The van der Waals surface area contributed by atoms with Crippen molar-refractivity contribution in [2.24, 2.45) is 0 Å². The highest BCUT2D eigenvalue weighted by molar-refractivity contribution is 5.97. The van der Waals surface area contributed by atoms with E-state index in [-0.39, 0.29) is 47.4 Å². The van der Waals surface area contributed by atoms with Gasteiger partial charge in [-0.05, 0) is 94.7 Å². The van der Waals surface area contributed by atoms with E-state index >= 15 is 0 Å². The molecule has 3 aromatic carbocycles. The summed E-state index contributed by atoms with van der Waals surface area (Å²) in [6, 6.07) is 10.1. The number of aryl methyl sites for hydroxylation is 3. The number of hydrogen-bond acceptors (Lipinski definition) is 15. The SMILES string of the molecule is Cc1cc(CN2CCCN(Cc3cc(C)cc(NC(=O)C(O)CO)c3O)CCN(Cc3cc(C)cc(NC(=O)C(O)CO)c3O)CCC2)c(O)c(NC(=O)C(O)CO)c1. The molecule has 0 bridgehead atoms. The van der Waals surface area contributed by atoms with Gasteiger partial charge in [-0.1, -0.05) is 18.2 Å². The summed E-state index contributed by atoms with van der Waals surface area (Å²) in [5.74, 6) is -3.12. The third kappa shape index (κ3) is 13.3. The summed E-state index contributed by atoms with van der Waals surface area (Å²) < 4.78 is 0. The van der Waals surface area contributed by atoms with Crippen LogP contribution in [0.5, 0.6) is 17.2 Å². The molecule has 0 radical (unpaired) electrons. The van der Waals surface area contributed by atoms with E-state index in [0.29, 0.717) is 75.3 Å². The summed E-state index contributed by atoms with van der Waals surface area (Å²) in [5.41, 5.74) is 4.08. The molecule has 59 heavy (non-hydrogen) atoms. The number of nitrogens with zero attached hydrogens (tertiary/aromatic N) is 3. The molecular formula is C41H58N6O12. The van der Waals surface area contributed by atoms with Crippen LogP contribution in [-0.4, -0.2) is 156 Å². The van der Waals surface area contributed by atoms with Crippen molar-refractivity contribution in [3.8, 4) is 17.2 Å².